The highest BCUT2D eigenvalue weighted by Gasteiger charge is 2.29. The molecule has 0 spiro atoms. The van der Waals surface area contributed by atoms with E-state index < -0.39 is 30.1 Å². The second-order valence-electron chi connectivity index (χ2n) is 3.99. The summed E-state index contributed by atoms with van der Waals surface area (Å²) in [5, 5.41) is 0. The maximum atomic E-state index is 11.8. The number of hydrogen-bond acceptors (Lipinski definition) is 6. The first kappa shape index (κ1) is 17.3. The molecule has 0 rings (SSSR count). The van der Waals surface area contributed by atoms with Gasteiger partial charge in [0.15, 0.2) is 5.78 Å². The van der Waals surface area contributed by atoms with Crippen molar-refractivity contribution in [3.63, 3.8) is 0 Å². The number of esters is 2. The maximum Gasteiger partial charge on any atom is 0.316 e. The smallest absolute Gasteiger partial charge is 0.316 e. The van der Waals surface area contributed by atoms with Gasteiger partial charge in [0.05, 0.1) is 13.2 Å². The van der Waals surface area contributed by atoms with Crippen LogP contribution in [0, 0.1) is 5.92 Å². The van der Waals surface area contributed by atoms with E-state index in [-0.39, 0.29) is 31.8 Å². The molecule has 19 heavy (non-hydrogen) atoms. The fraction of sp³-hybridized carbons (Fsp3) is 0.692. The lowest BCUT2D eigenvalue weighted by molar-refractivity contribution is -0.153. The van der Waals surface area contributed by atoms with E-state index in [2.05, 4.69) is 4.74 Å². The average Bonchev–Trinajstić information content (AvgIpc) is 2.29. The molecular weight excluding hydrogens is 252 g/mol. The topological polar surface area (TPSA) is 86.7 Å². The van der Waals surface area contributed by atoms with E-state index >= 15 is 0 Å². The molecule has 0 amide bonds. The van der Waals surface area contributed by atoms with Crippen molar-refractivity contribution < 1.29 is 28.7 Å². The van der Waals surface area contributed by atoms with Gasteiger partial charge >= 0.3 is 11.9 Å². The first-order chi connectivity index (χ1) is 8.92. The van der Waals surface area contributed by atoms with Crippen LogP contribution in [-0.4, -0.2) is 36.7 Å². The zero-order chi connectivity index (χ0) is 14.8. The summed E-state index contributed by atoms with van der Waals surface area (Å²) in [6.07, 6.45) is -0.320. The van der Waals surface area contributed by atoms with Gasteiger partial charge in [-0.15, -0.1) is 0 Å². The molecule has 0 bridgehead atoms. The van der Waals surface area contributed by atoms with Gasteiger partial charge in [-0.1, -0.05) is 0 Å². The monoisotopic (exact) mass is 272 g/mol. The van der Waals surface area contributed by atoms with Crippen molar-refractivity contribution >= 4 is 23.5 Å². The summed E-state index contributed by atoms with van der Waals surface area (Å²) in [5.41, 5.74) is 0. The lowest BCUT2D eigenvalue weighted by Gasteiger charge is -2.13. The fourth-order valence-corrected chi connectivity index (χ4v) is 1.48. The van der Waals surface area contributed by atoms with Gasteiger partial charge in [-0.2, -0.15) is 0 Å². The molecule has 0 aromatic heterocycles. The molecule has 0 heterocycles. The van der Waals surface area contributed by atoms with Crippen molar-refractivity contribution in [1.82, 2.24) is 0 Å². The van der Waals surface area contributed by atoms with Gasteiger partial charge < -0.3 is 14.3 Å². The quantitative estimate of drug-likeness (QED) is 0.460. The number of ketones is 2. The Morgan fingerprint density at radius 2 is 1.58 bits per heavy atom. The molecule has 0 saturated carbocycles. The summed E-state index contributed by atoms with van der Waals surface area (Å²) in [7, 11) is 0. The molecule has 0 aromatic carbocycles. The van der Waals surface area contributed by atoms with E-state index in [0.29, 0.717) is 0 Å². The standard InChI is InChI=1S/C13H20O6/c1-4-18-12(16)8-11(15)10(7-6-9(3)14)13(17)19-5-2/h10H,4-8H2,1-3H3. The van der Waals surface area contributed by atoms with Crippen LogP contribution in [0.25, 0.3) is 0 Å². The molecule has 0 aliphatic rings. The Morgan fingerprint density at radius 1 is 1.00 bits per heavy atom. The highest BCUT2D eigenvalue weighted by molar-refractivity contribution is 6.06. The Hall–Kier alpha value is -1.72. The fourth-order valence-electron chi connectivity index (χ4n) is 1.48. The Bertz CT molecular complexity index is 347. The van der Waals surface area contributed by atoms with Crippen LogP contribution in [0.2, 0.25) is 0 Å². The first-order valence-electron chi connectivity index (χ1n) is 6.26. The number of carbonyl (C=O) groups is 4. The lowest BCUT2D eigenvalue weighted by atomic mass is 9.95. The molecule has 0 aromatic rings. The van der Waals surface area contributed by atoms with Crippen LogP contribution >= 0.6 is 0 Å². The summed E-state index contributed by atoms with van der Waals surface area (Å²) in [5.74, 6) is -3.15. The van der Waals surface area contributed by atoms with Crippen molar-refractivity contribution in [3.8, 4) is 0 Å². The summed E-state index contributed by atoms with van der Waals surface area (Å²) < 4.78 is 9.42. The van der Waals surface area contributed by atoms with Crippen LogP contribution in [-0.2, 0) is 28.7 Å². The summed E-state index contributed by atoms with van der Waals surface area (Å²) in [4.78, 5) is 45.6. The number of rotatable bonds is 9. The molecule has 0 fully saturated rings. The highest BCUT2D eigenvalue weighted by atomic mass is 16.5. The maximum absolute atomic E-state index is 11.8. The molecule has 0 saturated heterocycles. The number of ether oxygens (including phenoxy) is 2. The van der Waals surface area contributed by atoms with Gasteiger partial charge in [0.25, 0.3) is 0 Å². The Labute approximate surface area is 112 Å². The third kappa shape index (κ3) is 7.33. The first-order valence-corrected chi connectivity index (χ1v) is 6.26. The number of hydrogen-bond donors (Lipinski definition) is 0. The third-order valence-electron chi connectivity index (χ3n) is 2.37. The van der Waals surface area contributed by atoms with E-state index in [1.54, 1.807) is 13.8 Å². The summed E-state index contributed by atoms with van der Waals surface area (Å²) in [6, 6.07) is 0. The van der Waals surface area contributed by atoms with E-state index in [0.717, 1.165) is 0 Å². The van der Waals surface area contributed by atoms with Crippen molar-refractivity contribution in [1.29, 1.82) is 0 Å². The van der Waals surface area contributed by atoms with Crippen molar-refractivity contribution in [2.75, 3.05) is 13.2 Å². The third-order valence-corrected chi connectivity index (χ3v) is 2.37. The molecule has 0 aliphatic heterocycles. The number of Topliss-reactive ketones (excluding diaryl/α,β-unsaturated/α-hetero) is 2. The Balaban J connectivity index is 4.61. The molecule has 108 valence electrons. The zero-order valence-electron chi connectivity index (χ0n) is 11.6. The second-order valence-corrected chi connectivity index (χ2v) is 3.99. The summed E-state index contributed by atoms with van der Waals surface area (Å²) in [6.45, 7) is 4.93. The van der Waals surface area contributed by atoms with Crippen LogP contribution in [0.1, 0.15) is 40.0 Å². The molecule has 1 atom stereocenters. The van der Waals surface area contributed by atoms with Crippen LogP contribution in [0.5, 0.6) is 0 Å². The van der Waals surface area contributed by atoms with Crippen molar-refractivity contribution in [2.45, 2.75) is 40.0 Å². The van der Waals surface area contributed by atoms with Crippen molar-refractivity contribution in [2.24, 2.45) is 5.92 Å². The number of carbonyl (C=O) groups excluding carboxylic acids is 4. The zero-order valence-corrected chi connectivity index (χ0v) is 11.6. The van der Waals surface area contributed by atoms with Gasteiger partial charge in [0.1, 0.15) is 18.1 Å². The van der Waals surface area contributed by atoms with Crippen LogP contribution in [0.4, 0.5) is 0 Å². The van der Waals surface area contributed by atoms with Gasteiger partial charge in [-0.25, -0.2) is 0 Å². The molecule has 1 unspecified atom stereocenters. The molecule has 6 nitrogen and oxygen atoms in total. The lowest BCUT2D eigenvalue weighted by Crippen LogP contribution is -2.29. The Morgan fingerprint density at radius 3 is 2.05 bits per heavy atom. The van der Waals surface area contributed by atoms with Crippen LogP contribution < -0.4 is 0 Å². The molecule has 0 aliphatic carbocycles. The molecular formula is C13H20O6. The predicted molar refractivity (Wildman–Crippen MR) is 66.3 cm³/mol. The minimum Gasteiger partial charge on any atom is -0.466 e. The van der Waals surface area contributed by atoms with E-state index in [1.165, 1.54) is 6.92 Å². The molecule has 6 heteroatoms. The Kier molecular flexibility index (Phi) is 8.41. The minimum absolute atomic E-state index is 0.0619. The molecule has 0 radical (unpaired) electrons. The van der Waals surface area contributed by atoms with E-state index in [4.69, 9.17) is 4.74 Å². The SMILES string of the molecule is CCOC(=O)CC(=O)C(CCC(C)=O)C(=O)OCC. The summed E-state index contributed by atoms with van der Waals surface area (Å²) >= 11 is 0. The van der Waals surface area contributed by atoms with Crippen LogP contribution in [0.3, 0.4) is 0 Å². The van der Waals surface area contributed by atoms with Crippen LogP contribution in [0.15, 0.2) is 0 Å². The van der Waals surface area contributed by atoms with Gasteiger partial charge in [-0.05, 0) is 27.2 Å². The van der Waals surface area contributed by atoms with E-state index in [1.807, 2.05) is 0 Å². The van der Waals surface area contributed by atoms with Gasteiger partial charge in [0, 0.05) is 6.42 Å². The molecule has 0 N–H and O–H groups in total. The van der Waals surface area contributed by atoms with Crippen molar-refractivity contribution in [3.05, 3.63) is 0 Å². The second kappa shape index (κ2) is 9.24. The largest absolute Gasteiger partial charge is 0.466 e. The average molecular weight is 272 g/mol. The van der Waals surface area contributed by atoms with E-state index in [9.17, 15) is 19.2 Å². The predicted octanol–water partition coefficient (Wildman–Crippen LogP) is 1.06. The normalized spacial score (nSPS) is 11.5. The van der Waals surface area contributed by atoms with Gasteiger partial charge in [0.2, 0.25) is 0 Å². The van der Waals surface area contributed by atoms with Gasteiger partial charge in [-0.3, -0.25) is 14.4 Å². The highest BCUT2D eigenvalue weighted by Crippen LogP contribution is 2.13. The minimum atomic E-state index is -1.08.